The minimum atomic E-state index is -0.339. The van der Waals surface area contributed by atoms with Gasteiger partial charge in [-0.2, -0.15) is 0 Å². The van der Waals surface area contributed by atoms with Gasteiger partial charge in [0.25, 0.3) is 11.8 Å². The van der Waals surface area contributed by atoms with E-state index in [-0.39, 0.29) is 11.8 Å². The summed E-state index contributed by atoms with van der Waals surface area (Å²) in [6, 6.07) is 6.99. The molecule has 0 fully saturated rings. The van der Waals surface area contributed by atoms with Crippen LogP contribution in [0, 0.1) is 0 Å². The van der Waals surface area contributed by atoms with Gasteiger partial charge in [0.2, 0.25) is 0 Å². The quantitative estimate of drug-likeness (QED) is 0.826. The number of amides is 2. The Balaban J connectivity index is 2.32. The van der Waals surface area contributed by atoms with Crippen molar-refractivity contribution < 1.29 is 9.59 Å². The Hall–Kier alpha value is -2.37. The lowest BCUT2D eigenvalue weighted by molar-refractivity contribution is -0.114. The Bertz CT molecular complexity index is 906. The summed E-state index contributed by atoms with van der Waals surface area (Å²) >= 11 is 6.06. The Morgan fingerprint density at radius 3 is 2.86 bits per heavy atom. The lowest BCUT2D eigenvalue weighted by atomic mass is 9.99. The van der Waals surface area contributed by atoms with Gasteiger partial charge in [-0.25, -0.2) is 5.32 Å². The van der Waals surface area contributed by atoms with Gasteiger partial charge in [-0.05, 0) is 34.2 Å². The first-order chi connectivity index (χ1) is 10.6. The van der Waals surface area contributed by atoms with Crippen molar-refractivity contribution in [3.05, 3.63) is 45.3 Å². The average Bonchev–Trinajstić information content (AvgIpc) is 2.51. The van der Waals surface area contributed by atoms with Crippen LogP contribution < -0.4 is 26.8 Å². The number of carbonyl (C=O) groups excluding carboxylic acids is 2. The molecule has 1 aliphatic rings. The second kappa shape index (κ2) is 5.79. The second-order valence-electron chi connectivity index (χ2n) is 4.90. The van der Waals surface area contributed by atoms with Crippen molar-refractivity contribution >= 4 is 46.5 Å². The first-order valence-corrected chi connectivity index (χ1v) is 7.15. The van der Waals surface area contributed by atoms with Crippen molar-refractivity contribution in [3.8, 4) is 0 Å². The second-order valence-corrected chi connectivity index (χ2v) is 5.34. The van der Waals surface area contributed by atoms with Crippen molar-refractivity contribution in [2.75, 3.05) is 13.1 Å². The lowest BCUT2D eigenvalue weighted by Gasteiger charge is -2.11. The normalized spacial score (nSPS) is 12.9. The van der Waals surface area contributed by atoms with Gasteiger partial charge in [0.05, 0.1) is 0 Å². The number of nitrogens with one attached hydrogen (secondary N) is 1. The van der Waals surface area contributed by atoms with Crippen LogP contribution in [0.25, 0.3) is 23.0 Å². The molecule has 0 saturated carbocycles. The Kier molecular flexibility index (Phi) is 3.83. The summed E-state index contributed by atoms with van der Waals surface area (Å²) in [4.78, 5) is 23.8. The summed E-state index contributed by atoms with van der Waals surface area (Å²) in [6.45, 7) is 0.731. The van der Waals surface area contributed by atoms with Crippen LogP contribution in [0.5, 0.6) is 0 Å². The van der Waals surface area contributed by atoms with Gasteiger partial charge in [0, 0.05) is 41.2 Å². The highest BCUT2D eigenvalue weighted by atomic mass is 35.5. The van der Waals surface area contributed by atoms with Crippen molar-refractivity contribution in [2.24, 2.45) is 5.73 Å². The van der Waals surface area contributed by atoms with E-state index in [4.69, 9.17) is 17.3 Å². The molecule has 1 radical (unpaired) electrons. The summed E-state index contributed by atoms with van der Waals surface area (Å²) in [5.41, 5.74) is 5.88. The largest absolute Gasteiger partial charge is 0.351 e. The van der Waals surface area contributed by atoms with Crippen LogP contribution >= 0.6 is 11.6 Å². The molecular formula is C16H13ClN3O2. The molecule has 2 amide bonds. The van der Waals surface area contributed by atoms with E-state index < -0.39 is 0 Å². The summed E-state index contributed by atoms with van der Waals surface area (Å²) in [6.07, 6.45) is 2.94. The molecule has 1 heterocycles. The van der Waals surface area contributed by atoms with Gasteiger partial charge in [0.1, 0.15) is 0 Å². The maximum atomic E-state index is 12.4. The fourth-order valence-electron chi connectivity index (χ4n) is 2.47. The zero-order valence-electron chi connectivity index (χ0n) is 11.6. The number of nitrogens with two attached hydrogens (primary N) is 1. The van der Waals surface area contributed by atoms with Crippen LogP contribution in [0.3, 0.4) is 0 Å². The Morgan fingerprint density at radius 1 is 1.27 bits per heavy atom. The molecule has 5 nitrogen and oxygen atoms in total. The van der Waals surface area contributed by atoms with Crippen molar-refractivity contribution in [3.63, 3.8) is 0 Å². The molecule has 2 aromatic rings. The van der Waals surface area contributed by atoms with Gasteiger partial charge in [0.15, 0.2) is 0 Å². The summed E-state index contributed by atoms with van der Waals surface area (Å²) in [7, 11) is 0. The molecule has 0 spiro atoms. The standard InChI is InChI=1S/C16H13ClN3O2/c17-10-1-2-11-12(7-10)13(16(22)19-4-3-18)5-9-6-15(21)20-8-14(9)11/h1-2,5-8H,3-4,18H2,(H,19,22). The number of benzene rings is 2. The molecule has 2 aromatic carbocycles. The van der Waals surface area contributed by atoms with E-state index in [1.807, 2.05) is 6.07 Å². The topological polar surface area (TPSA) is 86.3 Å². The maximum Gasteiger partial charge on any atom is 0.270 e. The highest BCUT2D eigenvalue weighted by Crippen LogP contribution is 2.20. The zero-order valence-corrected chi connectivity index (χ0v) is 12.4. The number of carbonyl (C=O) groups is 2. The van der Waals surface area contributed by atoms with E-state index in [2.05, 4.69) is 10.6 Å². The molecule has 0 aromatic heterocycles. The van der Waals surface area contributed by atoms with E-state index >= 15 is 0 Å². The fourth-order valence-corrected chi connectivity index (χ4v) is 2.64. The molecule has 0 atom stereocenters. The Morgan fingerprint density at radius 2 is 2.09 bits per heavy atom. The van der Waals surface area contributed by atoms with E-state index in [0.717, 1.165) is 16.0 Å². The average molecular weight is 315 g/mol. The third-order valence-corrected chi connectivity index (χ3v) is 3.68. The van der Waals surface area contributed by atoms with Crippen molar-refractivity contribution in [1.29, 1.82) is 0 Å². The van der Waals surface area contributed by atoms with Crippen LogP contribution in [0.2, 0.25) is 5.02 Å². The molecule has 111 valence electrons. The van der Waals surface area contributed by atoms with Gasteiger partial charge in [-0.15, -0.1) is 0 Å². The lowest BCUT2D eigenvalue weighted by Crippen LogP contribution is -2.36. The van der Waals surface area contributed by atoms with Crippen molar-refractivity contribution in [1.82, 2.24) is 10.6 Å². The molecular weight excluding hydrogens is 302 g/mol. The number of fused-ring (bicyclic) bond motifs is 3. The smallest absolute Gasteiger partial charge is 0.270 e. The highest BCUT2D eigenvalue weighted by Gasteiger charge is 2.14. The fraction of sp³-hybridized carbons (Fsp3) is 0.125. The Labute approximate surface area is 131 Å². The predicted molar refractivity (Wildman–Crippen MR) is 85.7 cm³/mol. The molecule has 0 saturated heterocycles. The minimum Gasteiger partial charge on any atom is -0.351 e. The summed E-state index contributed by atoms with van der Waals surface area (Å²) in [5, 5.41) is 10.1. The van der Waals surface area contributed by atoms with Crippen LogP contribution in [-0.4, -0.2) is 24.9 Å². The van der Waals surface area contributed by atoms with E-state index in [1.165, 1.54) is 12.3 Å². The molecule has 6 heteroatoms. The number of hydrogen-bond donors (Lipinski definition) is 2. The monoisotopic (exact) mass is 314 g/mol. The maximum absolute atomic E-state index is 12.4. The number of halogens is 1. The molecule has 3 rings (SSSR count). The molecule has 0 bridgehead atoms. The number of rotatable bonds is 3. The highest BCUT2D eigenvalue weighted by molar-refractivity contribution is 6.31. The molecule has 0 aliphatic carbocycles. The van der Waals surface area contributed by atoms with Gasteiger partial charge in [-0.1, -0.05) is 17.7 Å². The third kappa shape index (κ3) is 2.56. The van der Waals surface area contributed by atoms with Gasteiger partial charge < -0.3 is 11.1 Å². The predicted octanol–water partition coefficient (Wildman–Crippen LogP) is -0.155. The van der Waals surface area contributed by atoms with E-state index in [1.54, 1.807) is 18.2 Å². The molecule has 0 unspecified atom stereocenters. The minimum absolute atomic E-state index is 0.246. The third-order valence-electron chi connectivity index (χ3n) is 3.45. The van der Waals surface area contributed by atoms with Gasteiger partial charge in [-0.3, -0.25) is 9.59 Å². The zero-order chi connectivity index (χ0) is 15.7. The van der Waals surface area contributed by atoms with Crippen LogP contribution in [0.1, 0.15) is 10.4 Å². The molecule has 1 aliphatic heterocycles. The molecule has 3 N–H and O–H groups in total. The van der Waals surface area contributed by atoms with E-state index in [0.29, 0.717) is 28.9 Å². The molecule has 22 heavy (non-hydrogen) atoms. The summed E-state index contributed by atoms with van der Waals surface area (Å²) < 4.78 is 0. The van der Waals surface area contributed by atoms with Crippen LogP contribution in [0.4, 0.5) is 0 Å². The first-order valence-electron chi connectivity index (χ1n) is 6.77. The summed E-state index contributed by atoms with van der Waals surface area (Å²) in [5.74, 6) is -0.585. The van der Waals surface area contributed by atoms with Gasteiger partial charge >= 0.3 is 0 Å². The van der Waals surface area contributed by atoms with Crippen LogP contribution in [-0.2, 0) is 4.79 Å². The SMILES string of the molecule is NCCNC(=O)c1cc2c(c3ccc(Cl)cc13)=C[N]C(=O)C=2. The number of nitrogens with zero attached hydrogens (tertiary/aromatic N) is 1. The number of hydrogen-bond acceptors (Lipinski definition) is 3. The van der Waals surface area contributed by atoms with E-state index in [9.17, 15) is 9.59 Å². The van der Waals surface area contributed by atoms with Crippen molar-refractivity contribution in [2.45, 2.75) is 0 Å². The van der Waals surface area contributed by atoms with Crippen LogP contribution in [0.15, 0.2) is 24.3 Å². The first kappa shape index (κ1) is 14.6.